The van der Waals surface area contributed by atoms with Crippen LogP contribution in [-0.2, 0) is 9.63 Å². The van der Waals surface area contributed by atoms with Crippen molar-refractivity contribution in [2.24, 2.45) is 5.92 Å². The van der Waals surface area contributed by atoms with Crippen LogP contribution in [-0.4, -0.2) is 77.3 Å². The molecule has 6 nitrogen and oxygen atoms in total. The van der Waals surface area contributed by atoms with Gasteiger partial charge in [0.05, 0.1) is 12.6 Å². The molecule has 5 saturated heterocycles. The second kappa shape index (κ2) is 7.08. The van der Waals surface area contributed by atoms with Gasteiger partial charge in [0.2, 0.25) is 5.91 Å². The fraction of sp³-hybridized carbons (Fsp3) is 0.667. The summed E-state index contributed by atoms with van der Waals surface area (Å²) in [6.45, 7) is 5.46. The topological polar surface area (TPSA) is 56.3 Å². The average Bonchev–Trinajstić information content (AvgIpc) is 3.36. The fourth-order valence-corrected chi connectivity index (χ4v) is 5.79. The minimum atomic E-state index is 0.261. The molecule has 3 atom stereocenters. The van der Waals surface area contributed by atoms with Crippen LogP contribution in [0.4, 0.5) is 0 Å². The quantitative estimate of drug-likeness (QED) is 0.875. The molecule has 0 spiro atoms. The lowest BCUT2D eigenvalue weighted by molar-refractivity contribution is -0.142. The summed E-state index contributed by atoms with van der Waals surface area (Å²) in [5, 5.41) is 11.9. The van der Waals surface area contributed by atoms with Crippen molar-refractivity contribution in [3.05, 3.63) is 29.8 Å². The van der Waals surface area contributed by atoms with Crippen molar-refractivity contribution in [2.75, 3.05) is 39.3 Å². The van der Waals surface area contributed by atoms with E-state index in [2.05, 4.69) is 15.9 Å². The van der Waals surface area contributed by atoms with Gasteiger partial charge in [0.15, 0.2) is 0 Å². The molecular formula is C21H29N3O3. The van der Waals surface area contributed by atoms with Crippen molar-refractivity contribution in [1.29, 1.82) is 0 Å². The minimum Gasteiger partial charge on any atom is -0.508 e. The van der Waals surface area contributed by atoms with E-state index < -0.39 is 0 Å². The van der Waals surface area contributed by atoms with Gasteiger partial charge in [-0.2, -0.15) is 5.06 Å². The normalized spacial score (nSPS) is 35.6. The van der Waals surface area contributed by atoms with Crippen molar-refractivity contribution >= 4 is 5.91 Å². The third-order valence-electron chi connectivity index (χ3n) is 7.01. The van der Waals surface area contributed by atoms with Crippen LogP contribution in [0.15, 0.2) is 24.3 Å². The lowest BCUT2D eigenvalue weighted by atomic mass is 9.75. The number of likely N-dealkylation sites (tertiary alicyclic amines) is 1. The molecule has 5 aliphatic rings. The van der Waals surface area contributed by atoms with Gasteiger partial charge in [0, 0.05) is 38.0 Å². The predicted molar refractivity (Wildman–Crippen MR) is 101 cm³/mol. The number of hydroxylamine groups is 2. The highest BCUT2D eigenvalue weighted by molar-refractivity contribution is 5.77. The summed E-state index contributed by atoms with van der Waals surface area (Å²) < 4.78 is 0. The Hall–Kier alpha value is -1.63. The summed E-state index contributed by atoms with van der Waals surface area (Å²) >= 11 is 0. The SMILES string of the molecule is O=C(CCN1CCCO1)N1C[C@@H](c2cccc(O)c2)[C@@H]2[C@H]1C1CCN2CC1. The van der Waals surface area contributed by atoms with Gasteiger partial charge < -0.3 is 10.0 Å². The smallest absolute Gasteiger partial charge is 0.224 e. The number of carbonyl (C=O) groups excluding carboxylic acids is 1. The van der Waals surface area contributed by atoms with Gasteiger partial charge in [-0.15, -0.1) is 0 Å². The van der Waals surface area contributed by atoms with Crippen molar-refractivity contribution < 1.29 is 14.7 Å². The lowest BCUT2D eigenvalue weighted by Gasteiger charge is -2.51. The number of hydrogen-bond donors (Lipinski definition) is 1. The highest BCUT2D eigenvalue weighted by Gasteiger charge is 2.54. The van der Waals surface area contributed by atoms with Gasteiger partial charge in [-0.25, -0.2) is 0 Å². The van der Waals surface area contributed by atoms with Crippen molar-refractivity contribution in [3.63, 3.8) is 0 Å². The first-order valence-corrected chi connectivity index (χ1v) is 10.4. The number of piperidine rings is 3. The number of nitrogens with zero attached hydrogens (tertiary/aromatic N) is 3. The number of phenolic OH excluding ortho intramolecular Hbond substituents is 1. The first-order chi connectivity index (χ1) is 13.2. The molecule has 6 heteroatoms. The molecule has 1 amide bonds. The van der Waals surface area contributed by atoms with Crippen LogP contribution >= 0.6 is 0 Å². The molecule has 1 aromatic carbocycles. The van der Waals surface area contributed by atoms with Crippen LogP contribution in [0.1, 0.15) is 37.2 Å². The molecule has 1 N–H and O–H groups in total. The lowest BCUT2D eigenvalue weighted by Crippen LogP contribution is -2.60. The molecule has 0 unspecified atom stereocenters. The van der Waals surface area contributed by atoms with E-state index in [1.54, 1.807) is 6.07 Å². The number of benzene rings is 1. The summed E-state index contributed by atoms with van der Waals surface area (Å²) in [5.41, 5.74) is 1.16. The highest BCUT2D eigenvalue weighted by Crippen LogP contribution is 2.47. The standard InChI is InChI=1S/C21H29N3O3/c25-17-4-1-3-16(13-17)18-14-24(19(26)7-11-23-8-2-12-27-23)20-15-5-9-22(10-6-15)21(18)20/h1,3-4,13,15,18,20-21,25H,2,5-12,14H2/t18-,20+,21+/m0/s1. The van der Waals surface area contributed by atoms with E-state index in [-0.39, 0.29) is 11.8 Å². The first kappa shape index (κ1) is 17.5. The molecule has 0 saturated carbocycles. The number of phenols is 1. The molecule has 5 fully saturated rings. The van der Waals surface area contributed by atoms with Crippen LogP contribution in [0.5, 0.6) is 5.75 Å². The molecule has 1 aromatic rings. The maximum atomic E-state index is 13.2. The van der Waals surface area contributed by atoms with E-state index in [0.29, 0.717) is 36.7 Å². The van der Waals surface area contributed by atoms with Crippen molar-refractivity contribution in [3.8, 4) is 5.75 Å². The minimum absolute atomic E-state index is 0.261. The largest absolute Gasteiger partial charge is 0.508 e. The third kappa shape index (κ3) is 3.13. The third-order valence-corrected chi connectivity index (χ3v) is 7.01. The van der Waals surface area contributed by atoms with Crippen LogP contribution in [0, 0.1) is 5.92 Å². The molecular weight excluding hydrogens is 342 g/mol. The molecule has 27 heavy (non-hydrogen) atoms. The molecule has 146 valence electrons. The Morgan fingerprint density at radius 3 is 2.78 bits per heavy atom. The van der Waals surface area contributed by atoms with E-state index in [0.717, 1.165) is 44.8 Å². The Bertz CT molecular complexity index is 698. The van der Waals surface area contributed by atoms with E-state index in [9.17, 15) is 9.90 Å². The summed E-state index contributed by atoms with van der Waals surface area (Å²) in [5.74, 6) is 1.49. The van der Waals surface area contributed by atoms with Crippen molar-refractivity contribution in [2.45, 2.75) is 43.7 Å². The van der Waals surface area contributed by atoms with Crippen LogP contribution < -0.4 is 0 Å². The van der Waals surface area contributed by atoms with Gasteiger partial charge >= 0.3 is 0 Å². The highest BCUT2D eigenvalue weighted by atomic mass is 16.7. The van der Waals surface area contributed by atoms with E-state index in [4.69, 9.17) is 4.84 Å². The monoisotopic (exact) mass is 371 g/mol. The maximum absolute atomic E-state index is 13.2. The summed E-state index contributed by atoms with van der Waals surface area (Å²) in [7, 11) is 0. The average molecular weight is 371 g/mol. The van der Waals surface area contributed by atoms with E-state index in [1.807, 2.05) is 17.2 Å². The van der Waals surface area contributed by atoms with Crippen LogP contribution in [0.25, 0.3) is 0 Å². The zero-order valence-electron chi connectivity index (χ0n) is 15.8. The number of aromatic hydroxyl groups is 1. The summed E-state index contributed by atoms with van der Waals surface area (Å²) in [6.07, 6.45) is 3.99. The second-order valence-corrected chi connectivity index (χ2v) is 8.47. The number of fused-ring (bicyclic) bond motifs is 2. The molecule has 5 heterocycles. The molecule has 0 radical (unpaired) electrons. The Kier molecular flexibility index (Phi) is 4.58. The van der Waals surface area contributed by atoms with Gasteiger partial charge in [-0.3, -0.25) is 14.5 Å². The Morgan fingerprint density at radius 1 is 1.19 bits per heavy atom. The maximum Gasteiger partial charge on any atom is 0.224 e. The summed E-state index contributed by atoms with van der Waals surface area (Å²) in [6, 6.07) is 8.36. The van der Waals surface area contributed by atoms with Gasteiger partial charge in [0.25, 0.3) is 0 Å². The number of carbonyl (C=O) groups is 1. The Balaban J connectivity index is 1.37. The van der Waals surface area contributed by atoms with Crippen LogP contribution in [0.3, 0.4) is 0 Å². The molecule has 5 aliphatic heterocycles. The predicted octanol–water partition coefficient (Wildman–Crippen LogP) is 1.81. The van der Waals surface area contributed by atoms with Gasteiger partial charge in [-0.1, -0.05) is 12.1 Å². The number of rotatable bonds is 4. The van der Waals surface area contributed by atoms with E-state index in [1.165, 1.54) is 12.8 Å². The van der Waals surface area contributed by atoms with Crippen LogP contribution in [0.2, 0.25) is 0 Å². The van der Waals surface area contributed by atoms with Gasteiger partial charge in [0.1, 0.15) is 5.75 Å². The summed E-state index contributed by atoms with van der Waals surface area (Å²) in [4.78, 5) is 23.5. The second-order valence-electron chi connectivity index (χ2n) is 8.47. The zero-order chi connectivity index (χ0) is 18.4. The molecule has 0 aliphatic carbocycles. The Morgan fingerprint density at radius 2 is 2.04 bits per heavy atom. The number of hydrogen-bond acceptors (Lipinski definition) is 5. The van der Waals surface area contributed by atoms with Gasteiger partial charge in [-0.05, 0) is 56.0 Å². The molecule has 0 aromatic heterocycles. The molecule has 6 rings (SSSR count). The van der Waals surface area contributed by atoms with Crippen molar-refractivity contribution in [1.82, 2.24) is 14.9 Å². The van der Waals surface area contributed by atoms with E-state index >= 15 is 0 Å². The molecule has 2 bridgehead atoms. The zero-order valence-corrected chi connectivity index (χ0v) is 15.8. The fourth-order valence-electron chi connectivity index (χ4n) is 5.79. The first-order valence-electron chi connectivity index (χ1n) is 10.4. The Labute approximate surface area is 160 Å². The number of amides is 1.